The van der Waals surface area contributed by atoms with E-state index in [1.807, 2.05) is 24.3 Å². The van der Waals surface area contributed by atoms with Gasteiger partial charge in [-0.25, -0.2) is 4.98 Å². The standard InChI is InChI=1S/C18H18F3N3O2.ClH/c19-18(20,21)11-26-16-6-3-14(10-23-16)17(25)24-15-4-1-12(2-5-15)13-7-8-22-9-13;/h1-6,10,13,22H,7-9,11H2,(H,24,25);1H/t13-;/m1./s1. The molecular weight excluding hydrogens is 383 g/mol. The third-order valence-electron chi connectivity index (χ3n) is 4.08. The van der Waals surface area contributed by atoms with E-state index in [2.05, 4.69) is 20.4 Å². The van der Waals surface area contributed by atoms with Crippen LogP contribution < -0.4 is 15.4 Å². The molecule has 0 saturated carbocycles. The second-order valence-electron chi connectivity index (χ2n) is 6.05. The molecule has 1 fully saturated rings. The van der Waals surface area contributed by atoms with Gasteiger partial charge < -0.3 is 15.4 Å². The molecule has 0 unspecified atom stereocenters. The van der Waals surface area contributed by atoms with Gasteiger partial charge in [0, 0.05) is 24.5 Å². The number of carbonyl (C=O) groups excluding carboxylic acids is 1. The first kappa shape index (κ1) is 21.0. The summed E-state index contributed by atoms with van der Waals surface area (Å²) in [5, 5.41) is 6.05. The maximum absolute atomic E-state index is 12.2. The van der Waals surface area contributed by atoms with E-state index in [1.165, 1.54) is 23.9 Å². The molecule has 1 saturated heterocycles. The van der Waals surface area contributed by atoms with Crippen LogP contribution in [0.15, 0.2) is 42.6 Å². The first-order valence-corrected chi connectivity index (χ1v) is 8.18. The lowest BCUT2D eigenvalue weighted by Crippen LogP contribution is -2.19. The lowest BCUT2D eigenvalue weighted by atomic mass is 9.98. The fourth-order valence-electron chi connectivity index (χ4n) is 2.74. The minimum Gasteiger partial charge on any atom is -0.468 e. The van der Waals surface area contributed by atoms with E-state index < -0.39 is 18.7 Å². The molecule has 0 radical (unpaired) electrons. The fourth-order valence-corrected chi connectivity index (χ4v) is 2.74. The molecule has 1 aliphatic heterocycles. The van der Waals surface area contributed by atoms with Gasteiger partial charge >= 0.3 is 6.18 Å². The van der Waals surface area contributed by atoms with E-state index in [0.29, 0.717) is 11.6 Å². The van der Waals surface area contributed by atoms with Crippen LogP contribution in [0.25, 0.3) is 0 Å². The molecule has 2 N–H and O–H groups in total. The molecule has 9 heteroatoms. The average Bonchev–Trinajstić information content (AvgIpc) is 3.15. The number of hydrogen-bond acceptors (Lipinski definition) is 4. The van der Waals surface area contributed by atoms with Crippen LogP contribution in [-0.4, -0.2) is 36.8 Å². The summed E-state index contributed by atoms with van der Waals surface area (Å²) in [5.41, 5.74) is 2.09. The number of anilines is 1. The summed E-state index contributed by atoms with van der Waals surface area (Å²) in [5.74, 6) is -0.0863. The molecule has 0 bridgehead atoms. The van der Waals surface area contributed by atoms with Crippen molar-refractivity contribution >= 4 is 24.0 Å². The summed E-state index contributed by atoms with van der Waals surface area (Å²) in [6.07, 6.45) is -2.15. The second-order valence-corrected chi connectivity index (χ2v) is 6.05. The summed E-state index contributed by atoms with van der Waals surface area (Å²) < 4.78 is 40.8. The number of hydrogen-bond donors (Lipinski definition) is 2. The SMILES string of the molecule is Cl.O=C(Nc1ccc([C@@H]2CCNC2)cc1)c1ccc(OCC(F)(F)F)nc1. The highest BCUT2D eigenvalue weighted by Crippen LogP contribution is 2.24. The Kier molecular flexibility index (Phi) is 7.04. The topological polar surface area (TPSA) is 63.2 Å². The predicted molar refractivity (Wildman–Crippen MR) is 97.7 cm³/mol. The van der Waals surface area contributed by atoms with Crippen LogP contribution in [0.1, 0.15) is 28.3 Å². The number of alkyl halides is 3. The monoisotopic (exact) mass is 401 g/mol. The normalized spacial score (nSPS) is 16.5. The fraction of sp³-hybridized carbons (Fsp3) is 0.333. The Hall–Kier alpha value is -2.32. The van der Waals surface area contributed by atoms with Crippen molar-refractivity contribution in [3.05, 3.63) is 53.7 Å². The number of rotatable bonds is 5. The summed E-state index contributed by atoms with van der Waals surface area (Å²) in [4.78, 5) is 15.9. The van der Waals surface area contributed by atoms with E-state index in [9.17, 15) is 18.0 Å². The van der Waals surface area contributed by atoms with Gasteiger partial charge in [-0.05, 0) is 42.6 Å². The number of ether oxygens (including phenoxy) is 1. The third kappa shape index (κ3) is 6.11. The van der Waals surface area contributed by atoms with Gasteiger partial charge in [0.2, 0.25) is 5.88 Å². The smallest absolute Gasteiger partial charge is 0.422 e. The van der Waals surface area contributed by atoms with Gasteiger partial charge in [0.15, 0.2) is 6.61 Å². The lowest BCUT2D eigenvalue weighted by Gasteiger charge is -2.11. The number of nitrogens with one attached hydrogen (secondary N) is 2. The lowest BCUT2D eigenvalue weighted by molar-refractivity contribution is -0.154. The van der Waals surface area contributed by atoms with Gasteiger partial charge in [0.05, 0.1) is 5.56 Å². The van der Waals surface area contributed by atoms with Crippen LogP contribution in [-0.2, 0) is 0 Å². The quantitative estimate of drug-likeness (QED) is 0.800. The van der Waals surface area contributed by atoms with Crippen molar-refractivity contribution < 1.29 is 22.7 Å². The Bertz CT molecular complexity index is 746. The average molecular weight is 402 g/mol. The van der Waals surface area contributed by atoms with Crippen LogP contribution in [0.3, 0.4) is 0 Å². The number of pyridine rings is 1. The van der Waals surface area contributed by atoms with E-state index >= 15 is 0 Å². The molecule has 1 aliphatic rings. The Morgan fingerprint density at radius 3 is 2.52 bits per heavy atom. The summed E-state index contributed by atoms with van der Waals surface area (Å²) in [6, 6.07) is 10.2. The van der Waals surface area contributed by atoms with Crippen molar-refractivity contribution in [3.63, 3.8) is 0 Å². The minimum atomic E-state index is -4.43. The number of carbonyl (C=O) groups is 1. The zero-order chi connectivity index (χ0) is 18.6. The van der Waals surface area contributed by atoms with E-state index in [-0.39, 0.29) is 23.9 Å². The second kappa shape index (κ2) is 9.05. The van der Waals surface area contributed by atoms with Crippen molar-refractivity contribution in [2.45, 2.75) is 18.5 Å². The molecule has 1 aromatic carbocycles. The molecule has 0 spiro atoms. The molecular formula is C18H19ClF3N3O2. The van der Waals surface area contributed by atoms with Crippen LogP contribution in [0.2, 0.25) is 0 Å². The maximum Gasteiger partial charge on any atom is 0.422 e. The van der Waals surface area contributed by atoms with Gasteiger partial charge in [0.25, 0.3) is 5.91 Å². The zero-order valence-electron chi connectivity index (χ0n) is 14.3. The highest BCUT2D eigenvalue weighted by molar-refractivity contribution is 6.04. The van der Waals surface area contributed by atoms with Gasteiger partial charge in [-0.2, -0.15) is 13.2 Å². The van der Waals surface area contributed by atoms with Crippen LogP contribution in [0, 0.1) is 0 Å². The van der Waals surface area contributed by atoms with Crippen LogP contribution in [0.5, 0.6) is 5.88 Å². The minimum absolute atomic E-state index is 0. The number of halogens is 4. The molecule has 146 valence electrons. The molecule has 2 aromatic rings. The zero-order valence-corrected chi connectivity index (χ0v) is 15.1. The van der Waals surface area contributed by atoms with Gasteiger partial charge in [-0.1, -0.05) is 12.1 Å². The first-order chi connectivity index (χ1) is 12.4. The highest BCUT2D eigenvalue weighted by Gasteiger charge is 2.28. The van der Waals surface area contributed by atoms with Crippen LogP contribution in [0.4, 0.5) is 18.9 Å². The van der Waals surface area contributed by atoms with Crippen molar-refractivity contribution in [2.24, 2.45) is 0 Å². The Morgan fingerprint density at radius 1 is 1.22 bits per heavy atom. The Morgan fingerprint density at radius 2 is 1.96 bits per heavy atom. The molecule has 1 aromatic heterocycles. The van der Waals surface area contributed by atoms with Crippen LogP contribution >= 0.6 is 12.4 Å². The summed E-state index contributed by atoms with van der Waals surface area (Å²) in [6.45, 7) is 0.549. The number of amides is 1. The predicted octanol–water partition coefficient (Wildman–Crippen LogP) is 3.77. The largest absolute Gasteiger partial charge is 0.468 e. The van der Waals surface area contributed by atoms with E-state index in [0.717, 1.165) is 19.5 Å². The molecule has 3 rings (SSSR count). The number of nitrogens with zero attached hydrogens (tertiary/aromatic N) is 1. The first-order valence-electron chi connectivity index (χ1n) is 8.18. The van der Waals surface area contributed by atoms with Gasteiger partial charge in [-0.15, -0.1) is 12.4 Å². The number of benzene rings is 1. The molecule has 2 heterocycles. The third-order valence-corrected chi connectivity index (χ3v) is 4.08. The van der Waals surface area contributed by atoms with Crippen molar-refractivity contribution in [3.8, 4) is 5.88 Å². The molecule has 1 atom stereocenters. The number of aromatic nitrogens is 1. The summed E-state index contributed by atoms with van der Waals surface area (Å²) in [7, 11) is 0. The Labute approximate surface area is 160 Å². The van der Waals surface area contributed by atoms with Crippen molar-refractivity contribution in [1.29, 1.82) is 0 Å². The van der Waals surface area contributed by atoms with Crippen molar-refractivity contribution in [2.75, 3.05) is 25.0 Å². The maximum atomic E-state index is 12.2. The van der Waals surface area contributed by atoms with Gasteiger partial charge in [0.1, 0.15) is 0 Å². The molecule has 27 heavy (non-hydrogen) atoms. The van der Waals surface area contributed by atoms with E-state index in [1.54, 1.807) is 0 Å². The molecule has 5 nitrogen and oxygen atoms in total. The Balaban J connectivity index is 0.00000261. The van der Waals surface area contributed by atoms with Gasteiger partial charge in [-0.3, -0.25) is 4.79 Å². The summed E-state index contributed by atoms with van der Waals surface area (Å²) >= 11 is 0. The van der Waals surface area contributed by atoms with E-state index in [4.69, 9.17) is 0 Å². The highest BCUT2D eigenvalue weighted by atomic mass is 35.5. The van der Waals surface area contributed by atoms with Crippen molar-refractivity contribution in [1.82, 2.24) is 10.3 Å². The molecule has 1 amide bonds. The molecule has 0 aliphatic carbocycles.